The van der Waals surface area contributed by atoms with Gasteiger partial charge in [0.2, 0.25) is 10.0 Å². The number of sulfonamides is 1. The highest BCUT2D eigenvalue weighted by molar-refractivity contribution is 7.89. The summed E-state index contributed by atoms with van der Waals surface area (Å²) in [6, 6.07) is 3.21. The SMILES string of the molecule is CC(O)CNCCNS(=O)(=O)c1ccc(F)c(Cl)c1. The van der Waals surface area contributed by atoms with Crippen LogP contribution in [0.25, 0.3) is 0 Å². The van der Waals surface area contributed by atoms with Crippen molar-refractivity contribution in [1.29, 1.82) is 0 Å². The van der Waals surface area contributed by atoms with Crippen LogP contribution in [0.1, 0.15) is 6.92 Å². The summed E-state index contributed by atoms with van der Waals surface area (Å²) < 4.78 is 38.9. The van der Waals surface area contributed by atoms with Crippen LogP contribution in [0.5, 0.6) is 0 Å². The molecule has 0 bridgehead atoms. The molecule has 0 aromatic heterocycles. The van der Waals surface area contributed by atoms with Gasteiger partial charge in [0.15, 0.2) is 0 Å². The Labute approximate surface area is 116 Å². The maximum atomic E-state index is 12.9. The van der Waals surface area contributed by atoms with Gasteiger partial charge in [-0.1, -0.05) is 11.6 Å². The molecule has 0 aliphatic heterocycles. The molecule has 0 aliphatic rings. The van der Waals surface area contributed by atoms with Crippen LogP contribution < -0.4 is 10.0 Å². The van der Waals surface area contributed by atoms with Gasteiger partial charge in [-0.25, -0.2) is 17.5 Å². The molecule has 0 saturated heterocycles. The average Bonchev–Trinajstić information content (AvgIpc) is 2.31. The number of hydrogen-bond acceptors (Lipinski definition) is 4. The van der Waals surface area contributed by atoms with Gasteiger partial charge in [-0.3, -0.25) is 0 Å². The minimum absolute atomic E-state index is 0.0885. The summed E-state index contributed by atoms with van der Waals surface area (Å²) in [6.07, 6.45) is -0.493. The molecule has 5 nitrogen and oxygen atoms in total. The monoisotopic (exact) mass is 310 g/mol. The van der Waals surface area contributed by atoms with E-state index in [1.807, 2.05) is 0 Å². The molecule has 3 N–H and O–H groups in total. The number of aliphatic hydroxyl groups is 1. The highest BCUT2D eigenvalue weighted by Gasteiger charge is 2.15. The van der Waals surface area contributed by atoms with Crippen LogP contribution in [0.3, 0.4) is 0 Å². The maximum Gasteiger partial charge on any atom is 0.240 e. The third-order valence-electron chi connectivity index (χ3n) is 2.23. The lowest BCUT2D eigenvalue weighted by atomic mass is 10.3. The topological polar surface area (TPSA) is 78.4 Å². The Balaban J connectivity index is 2.54. The number of rotatable bonds is 7. The molecule has 1 aromatic carbocycles. The second-order valence-electron chi connectivity index (χ2n) is 4.03. The van der Waals surface area contributed by atoms with Crippen molar-refractivity contribution in [1.82, 2.24) is 10.0 Å². The van der Waals surface area contributed by atoms with Gasteiger partial charge < -0.3 is 10.4 Å². The molecule has 1 rings (SSSR count). The van der Waals surface area contributed by atoms with E-state index in [0.717, 1.165) is 18.2 Å². The molecule has 0 spiro atoms. The molecule has 108 valence electrons. The van der Waals surface area contributed by atoms with E-state index >= 15 is 0 Å². The quantitative estimate of drug-likeness (QED) is 0.649. The number of halogens is 2. The Kier molecular flexibility index (Phi) is 6.15. The van der Waals surface area contributed by atoms with Crippen molar-refractivity contribution in [2.24, 2.45) is 0 Å². The van der Waals surface area contributed by atoms with Gasteiger partial charge in [-0.15, -0.1) is 0 Å². The fourth-order valence-corrected chi connectivity index (χ4v) is 2.61. The largest absolute Gasteiger partial charge is 0.392 e. The van der Waals surface area contributed by atoms with E-state index in [0.29, 0.717) is 13.1 Å². The van der Waals surface area contributed by atoms with Crippen molar-refractivity contribution < 1.29 is 17.9 Å². The smallest absolute Gasteiger partial charge is 0.240 e. The van der Waals surface area contributed by atoms with Crippen molar-refractivity contribution in [3.63, 3.8) is 0 Å². The van der Waals surface area contributed by atoms with E-state index in [1.54, 1.807) is 6.92 Å². The Bertz CT molecular complexity index is 523. The molecule has 19 heavy (non-hydrogen) atoms. The summed E-state index contributed by atoms with van der Waals surface area (Å²) in [4.78, 5) is -0.0885. The van der Waals surface area contributed by atoms with Crippen LogP contribution in [-0.2, 0) is 10.0 Å². The predicted molar refractivity (Wildman–Crippen MR) is 71.1 cm³/mol. The summed E-state index contributed by atoms with van der Waals surface area (Å²) in [5.41, 5.74) is 0. The van der Waals surface area contributed by atoms with Gasteiger partial charge in [0.1, 0.15) is 5.82 Å². The zero-order valence-electron chi connectivity index (χ0n) is 10.4. The molecule has 8 heteroatoms. The van der Waals surface area contributed by atoms with Crippen molar-refractivity contribution in [2.45, 2.75) is 17.9 Å². The molecule has 0 radical (unpaired) electrons. The second-order valence-corrected chi connectivity index (χ2v) is 6.20. The number of hydrogen-bond donors (Lipinski definition) is 3. The second kappa shape index (κ2) is 7.16. The molecule has 0 amide bonds. The van der Waals surface area contributed by atoms with Gasteiger partial charge in [0, 0.05) is 19.6 Å². The Hall–Kier alpha value is -0.730. The first-order valence-electron chi connectivity index (χ1n) is 5.66. The van der Waals surface area contributed by atoms with Crippen molar-refractivity contribution in [3.8, 4) is 0 Å². The maximum absolute atomic E-state index is 12.9. The lowest BCUT2D eigenvalue weighted by molar-refractivity contribution is 0.192. The molecular formula is C11H16ClFN2O3S. The van der Waals surface area contributed by atoms with E-state index < -0.39 is 21.9 Å². The highest BCUT2D eigenvalue weighted by atomic mass is 35.5. The highest BCUT2D eigenvalue weighted by Crippen LogP contribution is 2.18. The fourth-order valence-electron chi connectivity index (χ4n) is 1.31. The number of benzene rings is 1. The first kappa shape index (κ1) is 16.3. The normalized spacial score (nSPS) is 13.5. The molecule has 0 aliphatic carbocycles. The van der Waals surface area contributed by atoms with Crippen LogP contribution in [0.4, 0.5) is 4.39 Å². The van der Waals surface area contributed by atoms with Gasteiger partial charge in [0.25, 0.3) is 0 Å². The summed E-state index contributed by atoms with van der Waals surface area (Å²) in [7, 11) is -3.70. The average molecular weight is 311 g/mol. The van der Waals surface area contributed by atoms with Gasteiger partial charge in [-0.2, -0.15) is 0 Å². The third kappa shape index (κ3) is 5.42. The molecule has 1 atom stereocenters. The summed E-state index contributed by atoms with van der Waals surface area (Å²) in [6.45, 7) is 2.53. The summed E-state index contributed by atoms with van der Waals surface area (Å²) >= 11 is 5.53. The van der Waals surface area contributed by atoms with Crippen LogP contribution in [0.2, 0.25) is 5.02 Å². The first-order chi connectivity index (χ1) is 8.83. The first-order valence-corrected chi connectivity index (χ1v) is 7.52. The molecule has 1 aromatic rings. The van der Waals surface area contributed by atoms with Crippen LogP contribution >= 0.6 is 11.6 Å². The van der Waals surface area contributed by atoms with Crippen molar-refractivity contribution in [2.75, 3.05) is 19.6 Å². The lowest BCUT2D eigenvalue weighted by Crippen LogP contribution is -2.34. The summed E-state index contributed by atoms with van der Waals surface area (Å²) in [5.74, 6) is -0.667. The van der Waals surface area contributed by atoms with Crippen LogP contribution in [-0.4, -0.2) is 39.3 Å². The molecule has 0 saturated carbocycles. The molecular weight excluding hydrogens is 295 g/mol. The Morgan fingerprint density at radius 3 is 2.68 bits per heavy atom. The van der Waals surface area contributed by atoms with E-state index in [4.69, 9.17) is 16.7 Å². The summed E-state index contributed by atoms with van der Waals surface area (Å²) in [5, 5.41) is 11.6. The van der Waals surface area contributed by atoms with Crippen LogP contribution in [0.15, 0.2) is 23.1 Å². The minimum Gasteiger partial charge on any atom is -0.392 e. The molecule has 0 fully saturated rings. The van der Waals surface area contributed by atoms with Crippen LogP contribution in [0, 0.1) is 5.82 Å². The minimum atomic E-state index is -3.70. The number of aliphatic hydroxyl groups excluding tert-OH is 1. The van der Waals surface area contributed by atoms with Crippen molar-refractivity contribution >= 4 is 21.6 Å². The van der Waals surface area contributed by atoms with Gasteiger partial charge >= 0.3 is 0 Å². The standard InChI is InChI=1S/C11H16ClFN2O3S/c1-8(16)7-14-4-5-15-19(17,18)9-2-3-11(13)10(12)6-9/h2-3,6,8,14-16H,4-5,7H2,1H3. The lowest BCUT2D eigenvalue weighted by Gasteiger charge is -2.09. The Morgan fingerprint density at radius 2 is 2.11 bits per heavy atom. The zero-order valence-corrected chi connectivity index (χ0v) is 11.9. The van der Waals surface area contributed by atoms with E-state index in [9.17, 15) is 12.8 Å². The third-order valence-corrected chi connectivity index (χ3v) is 3.98. The van der Waals surface area contributed by atoms with Gasteiger partial charge in [-0.05, 0) is 25.1 Å². The number of nitrogens with one attached hydrogen (secondary N) is 2. The van der Waals surface area contributed by atoms with E-state index in [2.05, 4.69) is 10.0 Å². The zero-order chi connectivity index (χ0) is 14.5. The fraction of sp³-hybridized carbons (Fsp3) is 0.455. The van der Waals surface area contributed by atoms with Gasteiger partial charge in [0.05, 0.1) is 16.0 Å². The molecule has 1 unspecified atom stereocenters. The Morgan fingerprint density at radius 1 is 1.42 bits per heavy atom. The van der Waals surface area contributed by atoms with E-state index in [1.165, 1.54) is 0 Å². The predicted octanol–water partition coefficient (Wildman–Crippen LogP) is 0.728. The molecule has 0 heterocycles. The van der Waals surface area contributed by atoms with Crippen molar-refractivity contribution in [3.05, 3.63) is 29.0 Å². The van der Waals surface area contributed by atoms with E-state index in [-0.39, 0.29) is 16.5 Å².